The molecule has 2 rings (SSSR count). The lowest BCUT2D eigenvalue weighted by atomic mass is 10.1. The third-order valence-electron chi connectivity index (χ3n) is 2.31. The molecule has 0 aliphatic heterocycles. The number of carbonyl (C=O) groups excluding carboxylic acids is 1. The van der Waals surface area contributed by atoms with Gasteiger partial charge in [0.25, 0.3) is 5.91 Å². The monoisotopic (exact) mass is 283 g/mol. The number of carbonyl (C=O) groups is 2. The van der Waals surface area contributed by atoms with Crippen LogP contribution in [0.3, 0.4) is 0 Å². The van der Waals surface area contributed by atoms with Crippen LogP contribution in [0.5, 0.6) is 0 Å². The van der Waals surface area contributed by atoms with E-state index in [4.69, 9.17) is 5.11 Å². The number of anilines is 1. The highest BCUT2D eigenvalue weighted by Gasteiger charge is 2.20. The van der Waals surface area contributed by atoms with Crippen LogP contribution in [0.2, 0.25) is 0 Å². The molecule has 1 heterocycles. The minimum Gasteiger partial charge on any atom is -0.478 e. The van der Waals surface area contributed by atoms with Gasteiger partial charge in [0.2, 0.25) is 0 Å². The third-order valence-corrected chi connectivity index (χ3v) is 3.00. The van der Waals surface area contributed by atoms with Crippen molar-refractivity contribution in [3.63, 3.8) is 0 Å². The Morgan fingerprint density at radius 2 is 1.79 bits per heavy atom. The summed E-state index contributed by atoms with van der Waals surface area (Å²) < 4.78 is 26.1. The average molecular weight is 283 g/mol. The van der Waals surface area contributed by atoms with Crippen LogP contribution < -0.4 is 5.32 Å². The number of halogens is 2. The van der Waals surface area contributed by atoms with Crippen LogP contribution in [0.1, 0.15) is 20.7 Å². The standard InChI is InChI=1S/C12H7F2NO3S/c13-9-3-7(8(12(17)18)4-10(9)14)11(16)15-6-1-2-19-5-6/h1-5H,(H,15,16)(H,17,18). The van der Waals surface area contributed by atoms with Gasteiger partial charge in [-0.25, -0.2) is 13.6 Å². The highest BCUT2D eigenvalue weighted by atomic mass is 32.1. The van der Waals surface area contributed by atoms with E-state index in [1.807, 2.05) is 0 Å². The Labute approximate surface area is 110 Å². The maximum absolute atomic E-state index is 13.1. The van der Waals surface area contributed by atoms with Gasteiger partial charge >= 0.3 is 5.97 Å². The van der Waals surface area contributed by atoms with Crippen molar-refractivity contribution in [1.82, 2.24) is 0 Å². The molecule has 0 fully saturated rings. The van der Waals surface area contributed by atoms with Gasteiger partial charge in [-0.2, -0.15) is 11.3 Å². The topological polar surface area (TPSA) is 66.4 Å². The van der Waals surface area contributed by atoms with E-state index in [-0.39, 0.29) is 0 Å². The highest BCUT2D eigenvalue weighted by molar-refractivity contribution is 7.08. The first-order chi connectivity index (χ1) is 8.99. The molecule has 0 aliphatic carbocycles. The number of hydrogen-bond donors (Lipinski definition) is 2. The van der Waals surface area contributed by atoms with Crippen molar-refractivity contribution in [3.05, 3.63) is 51.7 Å². The van der Waals surface area contributed by atoms with Gasteiger partial charge in [0.15, 0.2) is 11.6 Å². The van der Waals surface area contributed by atoms with Crippen molar-refractivity contribution in [1.29, 1.82) is 0 Å². The fraction of sp³-hybridized carbons (Fsp3) is 0. The lowest BCUT2D eigenvalue weighted by Crippen LogP contribution is -2.17. The van der Waals surface area contributed by atoms with E-state index >= 15 is 0 Å². The summed E-state index contributed by atoms with van der Waals surface area (Å²) in [5, 5.41) is 14.6. The Morgan fingerprint density at radius 3 is 2.32 bits per heavy atom. The minimum absolute atomic E-state index is 0.433. The molecule has 0 saturated carbocycles. The first-order valence-corrected chi connectivity index (χ1v) is 5.99. The van der Waals surface area contributed by atoms with Gasteiger partial charge in [-0.05, 0) is 23.6 Å². The summed E-state index contributed by atoms with van der Waals surface area (Å²) in [5.41, 5.74) is -0.569. The largest absolute Gasteiger partial charge is 0.478 e. The van der Waals surface area contributed by atoms with Gasteiger partial charge in [-0.1, -0.05) is 0 Å². The summed E-state index contributed by atoms with van der Waals surface area (Å²) in [6.45, 7) is 0. The molecule has 2 aromatic rings. The van der Waals surface area contributed by atoms with Crippen LogP contribution in [0.25, 0.3) is 0 Å². The number of thiophene rings is 1. The van der Waals surface area contributed by atoms with E-state index in [2.05, 4.69) is 5.32 Å². The molecule has 4 nitrogen and oxygen atoms in total. The molecular weight excluding hydrogens is 276 g/mol. The van der Waals surface area contributed by atoms with E-state index < -0.39 is 34.6 Å². The highest BCUT2D eigenvalue weighted by Crippen LogP contribution is 2.18. The maximum atomic E-state index is 13.1. The zero-order valence-corrected chi connectivity index (χ0v) is 10.1. The molecule has 0 saturated heterocycles. The maximum Gasteiger partial charge on any atom is 0.336 e. The summed E-state index contributed by atoms with van der Waals surface area (Å²) in [6.07, 6.45) is 0. The number of nitrogens with one attached hydrogen (secondary N) is 1. The molecule has 0 radical (unpaired) electrons. The normalized spacial score (nSPS) is 10.2. The number of carboxylic acid groups (broad SMARTS) is 1. The van der Waals surface area contributed by atoms with Gasteiger partial charge in [0, 0.05) is 5.38 Å². The number of rotatable bonds is 3. The van der Waals surface area contributed by atoms with Gasteiger partial charge in [-0.3, -0.25) is 4.79 Å². The van der Waals surface area contributed by atoms with E-state index in [1.54, 1.807) is 16.8 Å². The summed E-state index contributed by atoms with van der Waals surface area (Å²) in [7, 11) is 0. The van der Waals surface area contributed by atoms with E-state index in [1.165, 1.54) is 11.3 Å². The van der Waals surface area contributed by atoms with Crippen molar-refractivity contribution >= 4 is 28.9 Å². The molecule has 98 valence electrons. The number of aromatic carboxylic acids is 1. The fourth-order valence-electron chi connectivity index (χ4n) is 1.45. The Morgan fingerprint density at radius 1 is 1.16 bits per heavy atom. The van der Waals surface area contributed by atoms with Gasteiger partial charge < -0.3 is 10.4 Å². The van der Waals surface area contributed by atoms with Crippen molar-refractivity contribution < 1.29 is 23.5 Å². The molecule has 0 spiro atoms. The number of amides is 1. The Bertz CT molecular complexity index is 641. The lowest BCUT2D eigenvalue weighted by molar-refractivity contribution is 0.0691. The smallest absolute Gasteiger partial charge is 0.336 e. The fourth-order valence-corrected chi connectivity index (χ4v) is 2.03. The Balaban J connectivity index is 2.40. The summed E-state index contributed by atoms with van der Waals surface area (Å²) >= 11 is 1.33. The van der Waals surface area contributed by atoms with Crippen molar-refractivity contribution in [3.8, 4) is 0 Å². The second-order valence-electron chi connectivity index (χ2n) is 3.58. The minimum atomic E-state index is -1.51. The van der Waals surface area contributed by atoms with Crippen molar-refractivity contribution in [2.75, 3.05) is 5.32 Å². The number of carboxylic acids is 1. The molecule has 0 aliphatic rings. The van der Waals surface area contributed by atoms with E-state index in [9.17, 15) is 18.4 Å². The molecule has 1 aromatic carbocycles. The van der Waals surface area contributed by atoms with E-state index in [0.29, 0.717) is 17.8 Å². The number of hydrogen-bond acceptors (Lipinski definition) is 3. The lowest BCUT2D eigenvalue weighted by Gasteiger charge is -2.07. The van der Waals surface area contributed by atoms with Gasteiger partial charge in [0.05, 0.1) is 16.8 Å². The zero-order chi connectivity index (χ0) is 14.0. The molecule has 2 N–H and O–H groups in total. The second-order valence-corrected chi connectivity index (χ2v) is 4.36. The predicted molar refractivity (Wildman–Crippen MR) is 65.6 cm³/mol. The van der Waals surface area contributed by atoms with Crippen LogP contribution >= 0.6 is 11.3 Å². The van der Waals surface area contributed by atoms with Crippen LogP contribution in [0.15, 0.2) is 29.0 Å². The van der Waals surface area contributed by atoms with Crippen molar-refractivity contribution in [2.45, 2.75) is 0 Å². The van der Waals surface area contributed by atoms with Gasteiger partial charge in [-0.15, -0.1) is 0 Å². The Kier molecular flexibility index (Phi) is 3.57. The van der Waals surface area contributed by atoms with Crippen LogP contribution in [0, 0.1) is 11.6 Å². The van der Waals surface area contributed by atoms with Crippen LogP contribution in [-0.4, -0.2) is 17.0 Å². The third kappa shape index (κ3) is 2.76. The average Bonchev–Trinajstić information content (AvgIpc) is 2.84. The predicted octanol–water partition coefficient (Wildman–Crippen LogP) is 2.98. The first-order valence-electron chi connectivity index (χ1n) is 5.05. The summed E-state index contributed by atoms with van der Waals surface area (Å²) in [5.74, 6) is -4.91. The Hall–Kier alpha value is -2.28. The SMILES string of the molecule is O=C(O)c1cc(F)c(F)cc1C(=O)Nc1ccsc1. The molecular formula is C12H7F2NO3S. The summed E-state index contributed by atoms with van der Waals surface area (Å²) in [4.78, 5) is 22.8. The molecule has 0 atom stereocenters. The first kappa shape index (κ1) is 13.2. The van der Waals surface area contributed by atoms with E-state index in [0.717, 1.165) is 0 Å². The molecule has 0 unspecified atom stereocenters. The van der Waals surface area contributed by atoms with Crippen LogP contribution in [0.4, 0.5) is 14.5 Å². The quantitative estimate of drug-likeness (QED) is 0.910. The molecule has 1 aromatic heterocycles. The van der Waals surface area contributed by atoms with Gasteiger partial charge in [0.1, 0.15) is 0 Å². The second kappa shape index (κ2) is 5.15. The van der Waals surface area contributed by atoms with Crippen LogP contribution in [-0.2, 0) is 0 Å². The van der Waals surface area contributed by atoms with Crippen molar-refractivity contribution in [2.24, 2.45) is 0 Å². The molecule has 19 heavy (non-hydrogen) atoms. The number of benzene rings is 1. The zero-order valence-electron chi connectivity index (χ0n) is 9.31. The molecule has 7 heteroatoms. The molecule has 1 amide bonds. The molecule has 0 bridgehead atoms. The summed E-state index contributed by atoms with van der Waals surface area (Å²) in [6, 6.07) is 2.66.